The molecule has 1 aliphatic heterocycles. The van der Waals surface area contributed by atoms with Crippen molar-refractivity contribution in [3.8, 4) is 0 Å². The van der Waals surface area contributed by atoms with Gasteiger partial charge in [-0.05, 0) is 37.5 Å². The minimum Gasteiger partial charge on any atom is -0.450 e. The second-order valence-electron chi connectivity index (χ2n) is 7.43. The number of likely N-dealkylation sites (tertiary alicyclic amines) is 1. The number of carbonyl (C=O) groups excluding carboxylic acids is 1. The van der Waals surface area contributed by atoms with E-state index in [9.17, 15) is 18.0 Å². The quantitative estimate of drug-likeness (QED) is 0.690. The SMILES string of the molecule is CCOC(=O)Nc1ccc2c(CN3CCC(N(C)S(C)(=O)=O)CC3)cc(=O)oc2c1. The zero-order chi connectivity index (χ0) is 21.9. The van der Waals surface area contributed by atoms with E-state index in [1.807, 2.05) is 0 Å². The molecule has 0 unspecified atom stereocenters. The summed E-state index contributed by atoms with van der Waals surface area (Å²) in [6, 6.07) is 6.61. The summed E-state index contributed by atoms with van der Waals surface area (Å²) in [6.07, 6.45) is 2.12. The molecule has 0 spiro atoms. The maximum absolute atomic E-state index is 12.1. The first-order chi connectivity index (χ1) is 14.2. The molecule has 3 rings (SSSR count). The highest BCUT2D eigenvalue weighted by atomic mass is 32.2. The van der Waals surface area contributed by atoms with Crippen LogP contribution in [0.3, 0.4) is 0 Å². The average Bonchev–Trinajstić information content (AvgIpc) is 2.67. The zero-order valence-corrected chi connectivity index (χ0v) is 18.2. The van der Waals surface area contributed by atoms with Crippen LogP contribution in [0.15, 0.2) is 33.5 Å². The van der Waals surface area contributed by atoms with Gasteiger partial charge in [-0.2, -0.15) is 0 Å². The van der Waals surface area contributed by atoms with E-state index in [1.165, 1.54) is 16.6 Å². The summed E-state index contributed by atoms with van der Waals surface area (Å²) < 4.78 is 35.1. The fourth-order valence-corrected chi connectivity index (χ4v) is 4.43. The van der Waals surface area contributed by atoms with E-state index in [-0.39, 0.29) is 12.6 Å². The number of anilines is 1. The summed E-state index contributed by atoms with van der Waals surface area (Å²) in [7, 11) is -1.59. The topological polar surface area (TPSA) is 109 Å². The number of benzene rings is 1. The van der Waals surface area contributed by atoms with Crippen molar-refractivity contribution < 1.29 is 22.4 Å². The molecule has 1 N–H and O–H groups in total. The molecule has 0 radical (unpaired) electrons. The summed E-state index contributed by atoms with van der Waals surface area (Å²) in [5, 5.41) is 3.39. The minimum atomic E-state index is -3.21. The van der Waals surface area contributed by atoms with E-state index in [0.29, 0.717) is 17.8 Å². The number of sulfonamides is 1. The van der Waals surface area contributed by atoms with Crippen LogP contribution in [-0.4, -0.2) is 62.8 Å². The highest BCUT2D eigenvalue weighted by molar-refractivity contribution is 7.88. The molecule has 2 aromatic rings. The minimum absolute atomic E-state index is 0.00894. The van der Waals surface area contributed by atoms with E-state index < -0.39 is 21.7 Å². The summed E-state index contributed by atoms with van der Waals surface area (Å²) in [4.78, 5) is 25.9. The van der Waals surface area contributed by atoms with Gasteiger partial charge in [0.05, 0.1) is 12.9 Å². The third-order valence-corrected chi connectivity index (χ3v) is 6.68. The maximum atomic E-state index is 12.1. The van der Waals surface area contributed by atoms with Crippen molar-refractivity contribution in [3.05, 3.63) is 40.2 Å². The molecule has 1 fully saturated rings. The van der Waals surface area contributed by atoms with Crippen LogP contribution in [0.2, 0.25) is 0 Å². The van der Waals surface area contributed by atoms with Crippen LogP contribution in [0.25, 0.3) is 11.0 Å². The number of nitrogens with zero attached hydrogens (tertiary/aromatic N) is 2. The highest BCUT2D eigenvalue weighted by Gasteiger charge is 2.27. The Hall–Kier alpha value is -2.43. The lowest BCUT2D eigenvalue weighted by molar-refractivity contribution is 0.164. The van der Waals surface area contributed by atoms with Gasteiger partial charge in [0.15, 0.2) is 0 Å². The Balaban J connectivity index is 1.74. The van der Waals surface area contributed by atoms with Crippen molar-refractivity contribution in [1.29, 1.82) is 0 Å². The van der Waals surface area contributed by atoms with Crippen molar-refractivity contribution in [2.45, 2.75) is 32.4 Å². The molecule has 2 heterocycles. The molecule has 0 aliphatic carbocycles. The van der Waals surface area contributed by atoms with Gasteiger partial charge in [0.1, 0.15) is 5.58 Å². The second kappa shape index (κ2) is 9.15. The second-order valence-corrected chi connectivity index (χ2v) is 9.48. The monoisotopic (exact) mass is 437 g/mol. The lowest BCUT2D eigenvalue weighted by Crippen LogP contribution is -2.45. The molecule has 1 aliphatic rings. The van der Waals surface area contributed by atoms with E-state index >= 15 is 0 Å². The Morgan fingerprint density at radius 1 is 1.30 bits per heavy atom. The Bertz CT molecular complexity index is 1070. The molecule has 0 saturated carbocycles. The van der Waals surface area contributed by atoms with Crippen LogP contribution in [0.4, 0.5) is 10.5 Å². The van der Waals surface area contributed by atoms with Crippen LogP contribution in [0.1, 0.15) is 25.3 Å². The molecule has 1 aromatic heterocycles. The fraction of sp³-hybridized carbons (Fsp3) is 0.500. The van der Waals surface area contributed by atoms with Gasteiger partial charge in [-0.3, -0.25) is 10.2 Å². The van der Waals surface area contributed by atoms with Gasteiger partial charge in [0, 0.05) is 55.9 Å². The smallest absolute Gasteiger partial charge is 0.411 e. The van der Waals surface area contributed by atoms with Crippen molar-refractivity contribution >= 4 is 32.8 Å². The third-order valence-electron chi connectivity index (χ3n) is 5.34. The van der Waals surface area contributed by atoms with Crippen molar-refractivity contribution in [2.75, 3.05) is 38.3 Å². The molecule has 10 heteroatoms. The molecule has 0 bridgehead atoms. The van der Waals surface area contributed by atoms with E-state index in [1.54, 1.807) is 32.2 Å². The zero-order valence-electron chi connectivity index (χ0n) is 17.4. The number of carbonyl (C=O) groups is 1. The summed E-state index contributed by atoms with van der Waals surface area (Å²) in [6.45, 7) is 3.99. The van der Waals surface area contributed by atoms with Gasteiger partial charge in [0.25, 0.3) is 0 Å². The molecule has 30 heavy (non-hydrogen) atoms. The number of fused-ring (bicyclic) bond motifs is 1. The Labute approximate surface area is 175 Å². The molecule has 1 aromatic carbocycles. The Morgan fingerprint density at radius 2 is 2.00 bits per heavy atom. The molecular formula is C20H27N3O6S. The van der Waals surface area contributed by atoms with Gasteiger partial charge >= 0.3 is 11.7 Å². The van der Waals surface area contributed by atoms with Crippen LogP contribution < -0.4 is 10.9 Å². The third kappa shape index (κ3) is 5.38. The lowest BCUT2D eigenvalue weighted by Gasteiger charge is -2.35. The lowest BCUT2D eigenvalue weighted by atomic mass is 10.0. The van der Waals surface area contributed by atoms with Crippen molar-refractivity contribution in [1.82, 2.24) is 9.21 Å². The van der Waals surface area contributed by atoms with Gasteiger partial charge < -0.3 is 9.15 Å². The molecule has 0 atom stereocenters. The fourth-order valence-electron chi connectivity index (χ4n) is 3.68. The number of amides is 1. The van der Waals surface area contributed by atoms with Gasteiger partial charge in [-0.1, -0.05) is 0 Å². The normalized spacial score (nSPS) is 16.1. The van der Waals surface area contributed by atoms with Gasteiger partial charge in [0.2, 0.25) is 10.0 Å². The Kier molecular flexibility index (Phi) is 6.79. The number of hydrogen-bond acceptors (Lipinski definition) is 7. The standard InChI is InChI=1S/C20H27N3O6S/c1-4-28-20(25)21-15-5-6-17-14(11-19(24)29-18(17)12-15)13-23-9-7-16(8-10-23)22(2)30(3,26)27/h5-6,11-12,16H,4,7-10,13H2,1-3H3,(H,21,25). The molecule has 9 nitrogen and oxygen atoms in total. The summed E-state index contributed by atoms with van der Waals surface area (Å²) >= 11 is 0. The Morgan fingerprint density at radius 3 is 2.63 bits per heavy atom. The van der Waals surface area contributed by atoms with Crippen LogP contribution in [0, 0.1) is 0 Å². The van der Waals surface area contributed by atoms with Crippen molar-refractivity contribution in [2.24, 2.45) is 0 Å². The highest BCUT2D eigenvalue weighted by Crippen LogP contribution is 2.24. The van der Waals surface area contributed by atoms with E-state index in [2.05, 4.69) is 10.2 Å². The van der Waals surface area contributed by atoms with Crippen LogP contribution >= 0.6 is 0 Å². The van der Waals surface area contributed by atoms with Gasteiger partial charge in [-0.15, -0.1) is 0 Å². The molecule has 1 saturated heterocycles. The number of ether oxygens (including phenoxy) is 1. The van der Waals surface area contributed by atoms with E-state index in [0.717, 1.165) is 36.9 Å². The predicted molar refractivity (Wildman–Crippen MR) is 114 cm³/mol. The largest absolute Gasteiger partial charge is 0.450 e. The predicted octanol–water partition coefficient (Wildman–Crippen LogP) is 2.22. The molecule has 1 amide bonds. The average molecular weight is 438 g/mol. The number of hydrogen-bond donors (Lipinski definition) is 1. The summed E-state index contributed by atoms with van der Waals surface area (Å²) in [5.41, 5.74) is 1.24. The number of nitrogens with one attached hydrogen (secondary N) is 1. The first-order valence-electron chi connectivity index (χ1n) is 9.83. The maximum Gasteiger partial charge on any atom is 0.411 e. The number of piperidine rings is 1. The van der Waals surface area contributed by atoms with Crippen LogP contribution in [-0.2, 0) is 21.3 Å². The number of rotatable bonds is 6. The molecular weight excluding hydrogens is 410 g/mol. The van der Waals surface area contributed by atoms with Crippen molar-refractivity contribution in [3.63, 3.8) is 0 Å². The van der Waals surface area contributed by atoms with Crippen LogP contribution in [0.5, 0.6) is 0 Å². The first kappa shape index (κ1) is 22.3. The van der Waals surface area contributed by atoms with Gasteiger partial charge in [-0.25, -0.2) is 22.3 Å². The first-order valence-corrected chi connectivity index (χ1v) is 11.7. The molecule has 164 valence electrons. The summed E-state index contributed by atoms with van der Waals surface area (Å²) in [5.74, 6) is 0. The van der Waals surface area contributed by atoms with E-state index in [4.69, 9.17) is 9.15 Å².